The highest BCUT2D eigenvalue weighted by molar-refractivity contribution is 7.09. The third kappa shape index (κ3) is 4.98. The molecule has 0 aliphatic rings. The van der Waals surface area contributed by atoms with E-state index in [-0.39, 0.29) is 29.8 Å². The molecular weight excluding hydrogens is 338 g/mol. The topological polar surface area (TPSA) is 107 Å². The van der Waals surface area contributed by atoms with Crippen LogP contribution in [0.4, 0.5) is 0 Å². The highest BCUT2D eigenvalue weighted by Gasteiger charge is 2.24. The van der Waals surface area contributed by atoms with Crippen molar-refractivity contribution < 1.29 is 9.32 Å². The molecule has 23 heavy (non-hydrogen) atoms. The Morgan fingerprint density at radius 1 is 1.43 bits per heavy atom. The van der Waals surface area contributed by atoms with Crippen molar-refractivity contribution in [1.82, 2.24) is 20.4 Å². The van der Waals surface area contributed by atoms with Gasteiger partial charge in [0, 0.05) is 17.2 Å². The van der Waals surface area contributed by atoms with Crippen molar-refractivity contribution in [3.63, 3.8) is 0 Å². The van der Waals surface area contributed by atoms with E-state index in [0.717, 1.165) is 5.01 Å². The number of amides is 1. The molecule has 0 aromatic carbocycles. The van der Waals surface area contributed by atoms with Gasteiger partial charge in [0.15, 0.2) is 5.82 Å². The number of nitrogens with two attached hydrogens (primary N) is 1. The fraction of sp³-hybridized carbons (Fsp3) is 0.571. The van der Waals surface area contributed by atoms with Gasteiger partial charge in [-0.3, -0.25) is 4.79 Å². The lowest BCUT2D eigenvalue weighted by Crippen LogP contribution is -2.27. The Morgan fingerprint density at radius 2 is 2.13 bits per heavy atom. The van der Waals surface area contributed by atoms with E-state index in [1.165, 1.54) is 11.3 Å². The van der Waals surface area contributed by atoms with Gasteiger partial charge >= 0.3 is 0 Å². The quantitative estimate of drug-likeness (QED) is 0.847. The molecule has 1 unspecified atom stereocenters. The van der Waals surface area contributed by atoms with Crippen LogP contribution in [-0.2, 0) is 11.8 Å². The predicted octanol–water partition coefficient (Wildman–Crippen LogP) is 2.24. The molecule has 2 heterocycles. The van der Waals surface area contributed by atoms with Crippen LogP contribution in [-0.4, -0.2) is 27.6 Å². The van der Waals surface area contributed by atoms with Gasteiger partial charge < -0.3 is 15.6 Å². The first-order chi connectivity index (χ1) is 10.3. The fourth-order valence-corrected chi connectivity index (χ4v) is 2.50. The average molecular weight is 360 g/mol. The predicted molar refractivity (Wildman–Crippen MR) is 91.0 cm³/mol. The first-order valence-electron chi connectivity index (χ1n) is 7.10. The number of rotatable bonds is 5. The molecule has 9 heteroatoms. The van der Waals surface area contributed by atoms with Gasteiger partial charge in [0.2, 0.25) is 5.89 Å². The summed E-state index contributed by atoms with van der Waals surface area (Å²) in [6.45, 7) is 8.31. The van der Waals surface area contributed by atoms with Crippen molar-refractivity contribution in [2.75, 3.05) is 6.54 Å². The van der Waals surface area contributed by atoms with Crippen LogP contribution >= 0.6 is 23.7 Å². The first-order valence-corrected chi connectivity index (χ1v) is 7.98. The summed E-state index contributed by atoms with van der Waals surface area (Å²) >= 11 is 1.43. The second-order valence-electron chi connectivity index (χ2n) is 6.07. The maximum atomic E-state index is 12.2. The second kappa shape index (κ2) is 7.85. The molecule has 0 bridgehead atoms. The molecule has 2 aromatic rings. The van der Waals surface area contributed by atoms with Gasteiger partial charge in [0.1, 0.15) is 11.7 Å². The third-order valence-electron chi connectivity index (χ3n) is 2.97. The number of nitrogens with one attached hydrogen (secondary N) is 1. The molecule has 3 N–H and O–H groups in total. The van der Waals surface area contributed by atoms with Crippen molar-refractivity contribution >= 4 is 29.7 Å². The Bertz CT molecular complexity index is 650. The van der Waals surface area contributed by atoms with E-state index in [2.05, 4.69) is 20.4 Å². The molecule has 128 valence electrons. The lowest BCUT2D eigenvalue weighted by atomic mass is 9.96. The van der Waals surface area contributed by atoms with E-state index >= 15 is 0 Å². The lowest BCUT2D eigenvalue weighted by Gasteiger charge is -2.11. The minimum Gasteiger partial charge on any atom is -0.339 e. The Morgan fingerprint density at radius 3 is 2.70 bits per heavy atom. The molecule has 0 fully saturated rings. The molecule has 0 aliphatic heterocycles. The Kier molecular flexibility index (Phi) is 6.67. The first kappa shape index (κ1) is 19.5. The maximum absolute atomic E-state index is 12.2. The molecule has 2 rings (SSSR count). The molecule has 0 aliphatic carbocycles. The van der Waals surface area contributed by atoms with Crippen molar-refractivity contribution in [2.45, 2.75) is 45.6 Å². The summed E-state index contributed by atoms with van der Waals surface area (Å²) in [4.78, 5) is 20.7. The summed E-state index contributed by atoms with van der Waals surface area (Å²) in [5.74, 6) is 0.737. The van der Waals surface area contributed by atoms with E-state index in [0.29, 0.717) is 30.4 Å². The standard InChI is InChI=1S/C14H21N5O2S.ClH/c1-8(12-18-13(19-21-12)14(2,3)4)16-11(20)9-7-22-10(17-9)5-6-15;/h7-8H,5-6,15H2,1-4H3,(H,16,20);1H. The third-order valence-corrected chi connectivity index (χ3v) is 3.88. The van der Waals surface area contributed by atoms with E-state index in [9.17, 15) is 4.79 Å². The van der Waals surface area contributed by atoms with Gasteiger partial charge in [-0.25, -0.2) is 4.98 Å². The van der Waals surface area contributed by atoms with E-state index in [1.54, 1.807) is 12.3 Å². The second-order valence-corrected chi connectivity index (χ2v) is 7.01. The number of halogens is 1. The summed E-state index contributed by atoms with van der Waals surface area (Å²) in [7, 11) is 0. The number of carbonyl (C=O) groups excluding carboxylic acids is 1. The van der Waals surface area contributed by atoms with Gasteiger partial charge in [0.25, 0.3) is 5.91 Å². The smallest absolute Gasteiger partial charge is 0.271 e. The zero-order chi connectivity index (χ0) is 16.3. The van der Waals surface area contributed by atoms with Crippen molar-refractivity contribution in [3.05, 3.63) is 27.8 Å². The van der Waals surface area contributed by atoms with Crippen LogP contribution in [0, 0.1) is 0 Å². The molecule has 0 spiro atoms. The molecule has 0 saturated heterocycles. The molecule has 2 aromatic heterocycles. The number of hydrogen-bond donors (Lipinski definition) is 2. The van der Waals surface area contributed by atoms with Gasteiger partial charge in [-0.1, -0.05) is 25.9 Å². The molecule has 1 amide bonds. The number of carbonyl (C=O) groups is 1. The van der Waals surface area contributed by atoms with Crippen LogP contribution in [0.3, 0.4) is 0 Å². The highest BCUT2D eigenvalue weighted by Crippen LogP contribution is 2.21. The van der Waals surface area contributed by atoms with Crippen molar-refractivity contribution in [3.8, 4) is 0 Å². The van der Waals surface area contributed by atoms with Crippen LogP contribution < -0.4 is 11.1 Å². The van der Waals surface area contributed by atoms with Gasteiger partial charge in [-0.2, -0.15) is 4.98 Å². The van der Waals surface area contributed by atoms with Gasteiger partial charge in [0.05, 0.1) is 5.01 Å². The lowest BCUT2D eigenvalue weighted by molar-refractivity contribution is 0.0928. The molecule has 7 nitrogen and oxygen atoms in total. The van der Waals surface area contributed by atoms with Crippen LogP contribution in [0.1, 0.15) is 60.9 Å². The summed E-state index contributed by atoms with van der Waals surface area (Å²) in [6.07, 6.45) is 0.673. The maximum Gasteiger partial charge on any atom is 0.271 e. The summed E-state index contributed by atoms with van der Waals surface area (Å²) in [5.41, 5.74) is 5.67. The van der Waals surface area contributed by atoms with E-state index in [4.69, 9.17) is 10.3 Å². The highest BCUT2D eigenvalue weighted by atomic mass is 35.5. The minimum absolute atomic E-state index is 0. The van der Waals surface area contributed by atoms with Crippen LogP contribution in [0.2, 0.25) is 0 Å². The van der Waals surface area contributed by atoms with Crippen LogP contribution in [0.25, 0.3) is 0 Å². The Hall–Kier alpha value is -1.51. The van der Waals surface area contributed by atoms with Crippen molar-refractivity contribution in [1.29, 1.82) is 0 Å². The average Bonchev–Trinajstić information content (AvgIpc) is 3.07. The molecule has 1 atom stereocenters. The van der Waals surface area contributed by atoms with Crippen molar-refractivity contribution in [2.24, 2.45) is 5.73 Å². The van der Waals surface area contributed by atoms with E-state index in [1.807, 2.05) is 20.8 Å². The zero-order valence-corrected chi connectivity index (χ0v) is 15.3. The largest absolute Gasteiger partial charge is 0.339 e. The van der Waals surface area contributed by atoms with Gasteiger partial charge in [-0.05, 0) is 13.5 Å². The zero-order valence-electron chi connectivity index (χ0n) is 13.6. The monoisotopic (exact) mass is 359 g/mol. The molecular formula is C14H22ClN5O2S. The normalized spacial score (nSPS) is 12.6. The minimum atomic E-state index is -0.379. The van der Waals surface area contributed by atoms with Gasteiger partial charge in [-0.15, -0.1) is 23.7 Å². The summed E-state index contributed by atoms with van der Waals surface area (Å²) < 4.78 is 5.22. The van der Waals surface area contributed by atoms with Crippen LogP contribution in [0.15, 0.2) is 9.90 Å². The number of aromatic nitrogens is 3. The molecule has 0 radical (unpaired) electrons. The SMILES string of the molecule is CC(NC(=O)c1csc(CCN)n1)c1nc(C(C)(C)C)no1.Cl. The molecule has 0 saturated carbocycles. The number of thiazole rings is 1. The number of nitrogens with zero attached hydrogens (tertiary/aromatic N) is 3. The summed E-state index contributed by atoms with van der Waals surface area (Å²) in [6, 6.07) is -0.379. The summed E-state index contributed by atoms with van der Waals surface area (Å²) in [5, 5.41) is 9.34. The fourth-order valence-electron chi connectivity index (χ4n) is 1.70. The van der Waals surface area contributed by atoms with E-state index < -0.39 is 0 Å². The van der Waals surface area contributed by atoms with Crippen LogP contribution in [0.5, 0.6) is 0 Å². The Balaban J connectivity index is 0.00000264. The number of hydrogen-bond acceptors (Lipinski definition) is 7. The Labute approximate surface area is 145 Å².